The molecule has 1 saturated heterocycles. The van der Waals surface area contributed by atoms with Crippen molar-refractivity contribution in [2.75, 3.05) is 26.2 Å². The Bertz CT molecular complexity index is 552. The molecule has 1 fully saturated rings. The SMILES string of the molecule is Cc1cnc([C@H]2CN(CCCc3ccccc3)CCO2)[nH]1. The molecule has 1 N–H and O–H groups in total. The molecule has 1 aliphatic heterocycles. The Kier molecular flexibility index (Phi) is 4.68. The van der Waals surface area contributed by atoms with E-state index in [0.29, 0.717) is 0 Å². The molecular weight excluding hydrogens is 262 g/mol. The van der Waals surface area contributed by atoms with Gasteiger partial charge in [0.25, 0.3) is 0 Å². The van der Waals surface area contributed by atoms with Crippen LogP contribution in [0.4, 0.5) is 0 Å². The van der Waals surface area contributed by atoms with E-state index in [9.17, 15) is 0 Å². The molecule has 2 aromatic rings. The van der Waals surface area contributed by atoms with Gasteiger partial charge in [-0.2, -0.15) is 0 Å². The number of ether oxygens (including phenoxy) is 1. The molecule has 2 heterocycles. The lowest BCUT2D eigenvalue weighted by atomic mass is 10.1. The largest absolute Gasteiger partial charge is 0.368 e. The number of nitrogens with one attached hydrogen (secondary N) is 1. The Morgan fingerprint density at radius 1 is 1.33 bits per heavy atom. The van der Waals surface area contributed by atoms with E-state index in [2.05, 4.69) is 45.2 Å². The molecule has 0 amide bonds. The number of aromatic nitrogens is 2. The minimum atomic E-state index is 0.0872. The molecular formula is C17H23N3O. The first-order valence-electron chi connectivity index (χ1n) is 7.70. The monoisotopic (exact) mass is 285 g/mol. The van der Waals surface area contributed by atoms with Gasteiger partial charge < -0.3 is 9.72 Å². The average molecular weight is 285 g/mol. The van der Waals surface area contributed by atoms with Crippen LogP contribution in [0.15, 0.2) is 36.5 Å². The third-order valence-corrected chi connectivity index (χ3v) is 3.96. The Hall–Kier alpha value is -1.65. The first-order valence-corrected chi connectivity index (χ1v) is 7.70. The van der Waals surface area contributed by atoms with Crippen molar-refractivity contribution < 1.29 is 4.74 Å². The van der Waals surface area contributed by atoms with E-state index in [0.717, 1.165) is 44.2 Å². The number of hydrogen-bond acceptors (Lipinski definition) is 3. The molecule has 1 aromatic heterocycles. The highest BCUT2D eigenvalue weighted by molar-refractivity contribution is 5.14. The fourth-order valence-electron chi connectivity index (χ4n) is 2.82. The molecule has 0 unspecified atom stereocenters. The van der Waals surface area contributed by atoms with Crippen LogP contribution in [0.2, 0.25) is 0 Å². The summed E-state index contributed by atoms with van der Waals surface area (Å²) in [6.45, 7) is 5.88. The van der Waals surface area contributed by atoms with Gasteiger partial charge in [0.05, 0.1) is 6.61 Å². The van der Waals surface area contributed by atoms with E-state index in [4.69, 9.17) is 4.74 Å². The highest BCUT2D eigenvalue weighted by Gasteiger charge is 2.23. The second-order valence-corrected chi connectivity index (χ2v) is 5.70. The van der Waals surface area contributed by atoms with Gasteiger partial charge in [0.15, 0.2) is 0 Å². The predicted molar refractivity (Wildman–Crippen MR) is 83.2 cm³/mol. The van der Waals surface area contributed by atoms with E-state index in [1.807, 2.05) is 13.1 Å². The van der Waals surface area contributed by atoms with Gasteiger partial charge in [-0.15, -0.1) is 0 Å². The van der Waals surface area contributed by atoms with E-state index in [1.165, 1.54) is 12.0 Å². The summed E-state index contributed by atoms with van der Waals surface area (Å²) < 4.78 is 5.84. The van der Waals surface area contributed by atoms with Gasteiger partial charge in [-0.3, -0.25) is 4.90 Å². The standard InChI is InChI=1S/C17H23N3O/c1-14-12-18-17(19-14)16-13-20(10-11-21-16)9-5-8-15-6-3-2-4-7-15/h2-4,6-7,12,16H,5,8-11,13H2,1H3,(H,18,19)/t16-/m1/s1. The molecule has 112 valence electrons. The molecule has 1 atom stereocenters. The molecule has 0 aliphatic carbocycles. The minimum absolute atomic E-state index is 0.0872. The first kappa shape index (κ1) is 14.3. The molecule has 4 nitrogen and oxygen atoms in total. The van der Waals surface area contributed by atoms with E-state index >= 15 is 0 Å². The predicted octanol–water partition coefficient (Wildman–Crippen LogP) is 2.72. The number of aryl methyl sites for hydroxylation is 2. The summed E-state index contributed by atoms with van der Waals surface area (Å²) in [5, 5.41) is 0. The lowest BCUT2D eigenvalue weighted by Gasteiger charge is -2.32. The van der Waals surface area contributed by atoms with Crippen molar-refractivity contribution >= 4 is 0 Å². The third-order valence-electron chi connectivity index (χ3n) is 3.96. The zero-order valence-corrected chi connectivity index (χ0v) is 12.6. The number of benzene rings is 1. The summed E-state index contributed by atoms with van der Waals surface area (Å²) >= 11 is 0. The Morgan fingerprint density at radius 2 is 2.19 bits per heavy atom. The molecule has 0 bridgehead atoms. The summed E-state index contributed by atoms with van der Waals surface area (Å²) in [5.41, 5.74) is 2.51. The van der Waals surface area contributed by atoms with Gasteiger partial charge in [0, 0.05) is 25.0 Å². The van der Waals surface area contributed by atoms with Gasteiger partial charge in [-0.1, -0.05) is 30.3 Å². The van der Waals surface area contributed by atoms with E-state index in [-0.39, 0.29) is 6.10 Å². The van der Waals surface area contributed by atoms with Crippen LogP contribution in [-0.4, -0.2) is 41.1 Å². The van der Waals surface area contributed by atoms with Crippen LogP contribution >= 0.6 is 0 Å². The summed E-state index contributed by atoms with van der Waals surface area (Å²) in [6.07, 6.45) is 4.29. The van der Waals surface area contributed by atoms with Crippen molar-refractivity contribution in [2.45, 2.75) is 25.9 Å². The number of hydrogen-bond donors (Lipinski definition) is 1. The quantitative estimate of drug-likeness (QED) is 0.918. The van der Waals surface area contributed by atoms with Crippen molar-refractivity contribution in [2.24, 2.45) is 0 Å². The lowest BCUT2D eigenvalue weighted by Crippen LogP contribution is -2.39. The second-order valence-electron chi connectivity index (χ2n) is 5.70. The second kappa shape index (κ2) is 6.87. The van der Waals surface area contributed by atoms with Crippen LogP contribution in [0.1, 0.15) is 29.6 Å². The van der Waals surface area contributed by atoms with Crippen LogP contribution in [-0.2, 0) is 11.2 Å². The fraction of sp³-hybridized carbons (Fsp3) is 0.471. The maximum atomic E-state index is 5.84. The number of aromatic amines is 1. The molecule has 1 aromatic carbocycles. The number of imidazole rings is 1. The number of rotatable bonds is 5. The molecule has 1 aliphatic rings. The van der Waals surface area contributed by atoms with Crippen LogP contribution in [0.25, 0.3) is 0 Å². The molecule has 4 heteroatoms. The Morgan fingerprint density at radius 3 is 2.95 bits per heavy atom. The summed E-state index contributed by atoms with van der Waals surface area (Å²) in [4.78, 5) is 10.2. The third kappa shape index (κ3) is 3.93. The fourth-order valence-corrected chi connectivity index (χ4v) is 2.82. The van der Waals surface area contributed by atoms with E-state index in [1.54, 1.807) is 0 Å². The molecule has 3 rings (SSSR count). The number of nitrogens with zero attached hydrogens (tertiary/aromatic N) is 2. The number of H-pyrrole nitrogens is 1. The smallest absolute Gasteiger partial charge is 0.136 e. The van der Waals surface area contributed by atoms with Crippen LogP contribution < -0.4 is 0 Å². The highest BCUT2D eigenvalue weighted by Crippen LogP contribution is 2.19. The zero-order chi connectivity index (χ0) is 14.5. The summed E-state index contributed by atoms with van der Waals surface area (Å²) in [5.74, 6) is 0.959. The molecule has 0 saturated carbocycles. The first-order chi connectivity index (χ1) is 10.3. The van der Waals surface area contributed by atoms with Gasteiger partial charge in [0.2, 0.25) is 0 Å². The number of morpholine rings is 1. The van der Waals surface area contributed by atoms with Crippen molar-refractivity contribution in [1.82, 2.24) is 14.9 Å². The summed E-state index contributed by atoms with van der Waals surface area (Å²) in [7, 11) is 0. The van der Waals surface area contributed by atoms with Crippen molar-refractivity contribution in [3.05, 3.63) is 53.6 Å². The van der Waals surface area contributed by atoms with Crippen molar-refractivity contribution in [1.29, 1.82) is 0 Å². The average Bonchev–Trinajstić information content (AvgIpc) is 2.95. The summed E-state index contributed by atoms with van der Waals surface area (Å²) in [6, 6.07) is 10.7. The Balaban J connectivity index is 1.48. The lowest BCUT2D eigenvalue weighted by molar-refractivity contribution is -0.0341. The molecule has 21 heavy (non-hydrogen) atoms. The van der Waals surface area contributed by atoms with Gasteiger partial charge in [0.1, 0.15) is 11.9 Å². The van der Waals surface area contributed by atoms with Crippen LogP contribution in [0, 0.1) is 6.92 Å². The molecule has 0 radical (unpaired) electrons. The minimum Gasteiger partial charge on any atom is -0.368 e. The van der Waals surface area contributed by atoms with Crippen LogP contribution in [0.5, 0.6) is 0 Å². The zero-order valence-electron chi connectivity index (χ0n) is 12.6. The highest BCUT2D eigenvalue weighted by atomic mass is 16.5. The van der Waals surface area contributed by atoms with E-state index < -0.39 is 0 Å². The maximum Gasteiger partial charge on any atom is 0.136 e. The molecule has 0 spiro atoms. The van der Waals surface area contributed by atoms with Crippen molar-refractivity contribution in [3.63, 3.8) is 0 Å². The Labute approximate surface area is 126 Å². The van der Waals surface area contributed by atoms with Gasteiger partial charge in [-0.05, 0) is 31.9 Å². The maximum absolute atomic E-state index is 5.84. The van der Waals surface area contributed by atoms with Crippen molar-refractivity contribution in [3.8, 4) is 0 Å². The van der Waals surface area contributed by atoms with Crippen LogP contribution in [0.3, 0.4) is 0 Å². The topological polar surface area (TPSA) is 41.2 Å². The van der Waals surface area contributed by atoms with Gasteiger partial charge >= 0.3 is 0 Å². The normalized spacial score (nSPS) is 19.8. The van der Waals surface area contributed by atoms with Gasteiger partial charge in [-0.25, -0.2) is 4.98 Å².